The van der Waals surface area contributed by atoms with Crippen LogP contribution in [0.15, 0.2) is 84.9 Å². The highest BCUT2D eigenvalue weighted by atomic mass is 35.5. The van der Waals surface area contributed by atoms with Crippen molar-refractivity contribution in [3.8, 4) is 11.5 Å². The average molecular weight is 837 g/mol. The Hall–Kier alpha value is -3.42. The first-order chi connectivity index (χ1) is 26.7. The fourth-order valence-corrected chi connectivity index (χ4v) is 11.8. The molecule has 4 fully saturated rings. The fraction of sp³-hybridized carbons (Fsp3) is 0.435. The standard InChI is InChI=1S/C24H27Cl2NO2.C22H23Cl2NO2/c1-4-29-17-9-10-18(20(26)13-17)19-11-12-24(3)22(14(2)27-23(24)28)21(19)15-5-7-16(25)8-6-15;1-12-20-19(13-3-5-14(23)6-4-13)17(9-10-22(20,2)21(27)25-12)16-8-7-15(26)11-18(16)24/h5-10,13-14,19,21-22H,4,11-12H2,1-3H3,(H,27,28);3-8,11-12,17,19-20,26H,9-10H2,1-2H3,(H,25,27)/t14-,19+,21+,22+,24-;12-,17+,19+,20+,22-/m11/s1. The fourth-order valence-electron chi connectivity index (χ4n) is 10.9. The van der Waals surface area contributed by atoms with Gasteiger partial charge in [-0.05, 0) is 141 Å². The molecule has 0 aromatic heterocycles. The minimum Gasteiger partial charge on any atom is -0.508 e. The number of benzene rings is 4. The van der Waals surface area contributed by atoms with Gasteiger partial charge in [0.1, 0.15) is 11.5 Å². The highest BCUT2D eigenvalue weighted by Crippen LogP contribution is 2.60. The van der Waals surface area contributed by atoms with E-state index in [4.69, 9.17) is 51.1 Å². The van der Waals surface area contributed by atoms with Crippen LogP contribution in [-0.2, 0) is 9.59 Å². The quantitative estimate of drug-likeness (QED) is 0.181. The molecule has 4 aromatic rings. The summed E-state index contributed by atoms with van der Waals surface area (Å²) in [4.78, 5) is 25.6. The van der Waals surface area contributed by atoms with E-state index in [-0.39, 0.29) is 76.0 Å². The molecular formula is C46H50Cl4N2O4. The minimum absolute atomic E-state index is 0.0851. The molecule has 0 bridgehead atoms. The molecule has 0 spiro atoms. The maximum absolute atomic E-state index is 12.8. The monoisotopic (exact) mass is 834 g/mol. The molecule has 0 unspecified atom stereocenters. The predicted molar refractivity (Wildman–Crippen MR) is 226 cm³/mol. The molecule has 3 N–H and O–H groups in total. The summed E-state index contributed by atoms with van der Waals surface area (Å²) in [5.74, 6) is 2.34. The highest BCUT2D eigenvalue weighted by molar-refractivity contribution is 6.32. The van der Waals surface area contributed by atoms with Crippen LogP contribution in [0.1, 0.15) is 106 Å². The highest BCUT2D eigenvalue weighted by Gasteiger charge is 2.59. The van der Waals surface area contributed by atoms with Crippen molar-refractivity contribution in [2.45, 2.75) is 96.1 Å². The number of halogens is 4. The Bertz CT molecular complexity index is 2090. The normalized spacial score (nSPS) is 32.0. The van der Waals surface area contributed by atoms with E-state index in [2.05, 4.69) is 68.7 Å². The molecule has 2 aliphatic heterocycles. The smallest absolute Gasteiger partial charge is 0.226 e. The molecule has 10 atom stereocenters. The Kier molecular flexibility index (Phi) is 11.7. The van der Waals surface area contributed by atoms with Gasteiger partial charge in [0, 0.05) is 44.0 Å². The van der Waals surface area contributed by atoms with E-state index in [1.807, 2.05) is 49.4 Å². The lowest BCUT2D eigenvalue weighted by Crippen LogP contribution is -2.42. The molecule has 2 saturated carbocycles. The summed E-state index contributed by atoms with van der Waals surface area (Å²) in [5.41, 5.74) is 3.80. The Labute approximate surface area is 350 Å². The second-order valence-electron chi connectivity index (χ2n) is 16.7. The number of carbonyl (C=O) groups excluding carboxylic acids is 2. The summed E-state index contributed by atoms with van der Waals surface area (Å²) in [6, 6.07) is 27.4. The molecule has 2 amide bonds. The van der Waals surface area contributed by atoms with Gasteiger partial charge in [0.2, 0.25) is 11.8 Å². The molecule has 10 heteroatoms. The number of aromatic hydroxyl groups is 1. The molecule has 2 saturated heterocycles. The first-order valence-corrected chi connectivity index (χ1v) is 21.2. The lowest BCUT2D eigenvalue weighted by molar-refractivity contribution is -0.130. The number of hydrogen-bond acceptors (Lipinski definition) is 4. The van der Waals surface area contributed by atoms with Gasteiger partial charge in [0.15, 0.2) is 0 Å². The minimum atomic E-state index is -0.385. The van der Waals surface area contributed by atoms with Crippen LogP contribution in [0.3, 0.4) is 0 Å². The van der Waals surface area contributed by atoms with Gasteiger partial charge in [-0.1, -0.05) is 96.6 Å². The van der Waals surface area contributed by atoms with Crippen molar-refractivity contribution in [2.24, 2.45) is 22.7 Å². The zero-order valence-corrected chi connectivity index (χ0v) is 35.4. The molecule has 296 valence electrons. The maximum atomic E-state index is 12.8. The second-order valence-corrected chi connectivity index (χ2v) is 18.4. The van der Waals surface area contributed by atoms with Crippen LogP contribution in [0.5, 0.6) is 11.5 Å². The first kappa shape index (κ1) is 40.8. The summed E-state index contributed by atoms with van der Waals surface area (Å²) in [6.45, 7) is 11.0. The molecule has 2 heterocycles. The topological polar surface area (TPSA) is 87.7 Å². The van der Waals surface area contributed by atoms with Gasteiger partial charge in [-0.15, -0.1) is 0 Å². The van der Waals surface area contributed by atoms with E-state index >= 15 is 0 Å². The number of ether oxygens (including phenoxy) is 1. The number of phenols is 1. The van der Waals surface area contributed by atoms with Gasteiger partial charge >= 0.3 is 0 Å². The van der Waals surface area contributed by atoms with Crippen LogP contribution >= 0.6 is 46.4 Å². The Morgan fingerprint density at radius 3 is 1.50 bits per heavy atom. The Morgan fingerprint density at radius 1 is 0.661 bits per heavy atom. The van der Waals surface area contributed by atoms with Gasteiger partial charge in [0.25, 0.3) is 0 Å². The van der Waals surface area contributed by atoms with Gasteiger partial charge in [-0.2, -0.15) is 0 Å². The number of amides is 2. The largest absolute Gasteiger partial charge is 0.508 e. The molecule has 6 nitrogen and oxygen atoms in total. The van der Waals surface area contributed by atoms with Crippen molar-refractivity contribution < 1.29 is 19.4 Å². The lowest BCUT2D eigenvalue weighted by Gasteiger charge is -2.46. The number of nitrogens with one attached hydrogen (secondary N) is 2. The number of rotatable bonds is 6. The summed E-state index contributed by atoms with van der Waals surface area (Å²) in [6.07, 6.45) is 3.45. The van der Waals surface area contributed by atoms with Crippen LogP contribution in [0.2, 0.25) is 20.1 Å². The van der Waals surface area contributed by atoms with E-state index < -0.39 is 0 Å². The summed E-state index contributed by atoms with van der Waals surface area (Å²) in [5, 5.41) is 18.9. The van der Waals surface area contributed by atoms with Crippen molar-refractivity contribution >= 4 is 58.2 Å². The van der Waals surface area contributed by atoms with Gasteiger partial charge in [0.05, 0.1) is 17.4 Å². The molecule has 4 aromatic carbocycles. The van der Waals surface area contributed by atoms with E-state index in [1.165, 1.54) is 11.1 Å². The molecule has 4 aliphatic rings. The zero-order valence-electron chi connectivity index (χ0n) is 32.4. The number of hydrogen-bond donors (Lipinski definition) is 3. The average Bonchev–Trinajstić information content (AvgIpc) is 3.53. The van der Waals surface area contributed by atoms with E-state index in [9.17, 15) is 14.7 Å². The third kappa shape index (κ3) is 7.40. The SMILES string of the molecule is CCOc1ccc([C@@H]2CC[C@@]3(C)C(=O)N[C@H](C)[C@H]3[C@H]2c2ccc(Cl)cc2)c(Cl)c1.C[C@H]1NC(=O)[C@]2(C)CC[C@@H](c3ccc(O)cc3Cl)[C@H](c3ccc(Cl)cc3)[C@H]12. The van der Waals surface area contributed by atoms with Crippen LogP contribution in [-0.4, -0.2) is 35.6 Å². The molecular weight excluding hydrogens is 786 g/mol. The third-order valence-corrected chi connectivity index (χ3v) is 14.6. The van der Waals surface area contributed by atoms with Crippen LogP contribution < -0.4 is 15.4 Å². The van der Waals surface area contributed by atoms with Crippen molar-refractivity contribution in [1.29, 1.82) is 0 Å². The summed E-state index contributed by atoms with van der Waals surface area (Å²) >= 11 is 25.5. The van der Waals surface area contributed by atoms with Crippen LogP contribution in [0.25, 0.3) is 0 Å². The zero-order chi connectivity index (χ0) is 40.1. The predicted octanol–water partition coefficient (Wildman–Crippen LogP) is 11.7. The van der Waals surface area contributed by atoms with E-state index in [0.717, 1.165) is 52.6 Å². The van der Waals surface area contributed by atoms with Gasteiger partial charge < -0.3 is 20.5 Å². The maximum Gasteiger partial charge on any atom is 0.226 e. The first-order valence-electron chi connectivity index (χ1n) is 19.7. The van der Waals surface area contributed by atoms with Crippen molar-refractivity contribution in [2.75, 3.05) is 6.61 Å². The molecule has 0 radical (unpaired) electrons. The summed E-state index contributed by atoms with van der Waals surface area (Å²) in [7, 11) is 0. The van der Waals surface area contributed by atoms with Crippen molar-refractivity contribution in [1.82, 2.24) is 10.6 Å². The number of fused-ring (bicyclic) bond motifs is 2. The third-order valence-electron chi connectivity index (χ3n) is 13.5. The number of carbonyl (C=O) groups is 2. The molecule has 8 rings (SSSR count). The Balaban J connectivity index is 0.000000172. The molecule has 56 heavy (non-hydrogen) atoms. The van der Waals surface area contributed by atoms with Crippen molar-refractivity contribution in [3.63, 3.8) is 0 Å². The Morgan fingerprint density at radius 2 is 1.09 bits per heavy atom. The van der Waals surface area contributed by atoms with E-state index in [0.29, 0.717) is 16.7 Å². The molecule has 2 aliphatic carbocycles. The number of phenolic OH excluding ortho intramolecular Hbond substituents is 1. The van der Waals surface area contributed by atoms with Gasteiger partial charge in [-0.25, -0.2) is 0 Å². The van der Waals surface area contributed by atoms with Crippen molar-refractivity contribution in [3.05, 3.63) is 127 Å². The lowest BCUT2D eigenvalue weighted by atomic mass is 9.56. The van der Waals surface area contributed by atoms with Crippen LogP contribution in [0.4, 0.5) is 0 Å². The van der Waals surface area contributed by atoms with E-state index in [1.54, 1.807) is 12.1 Å². The summed E-state index contributed by atoms with van der Waals surface area (Å²) < 4.78 is 5.62. The van der Waals surface area contributed by atoms with Gasteiger partial charge in [-0.3, -0.25) is 9.59 Å². The van der Waals surface area contributed by atoms with Crippen LogP contribution in [0, 0.1) is 22.7 Å². The second kappa shape index (κ2) is 16.1.